The molecule has 4 N–H and O–H groups in total. The summed E-state index contributed by atoms with van der Waals surface area (Å²) >= 11 is 0. The second-order valence-corrected chi connectivity index (χ2v) is 11.1. The molecule has 0 spiro atoms. The third-order valence-corrected chi connectivity index (χ3v) is 8.76. The van der Waals surface area contributed by atoms with Gasteiger partial charge in [-0.25, -0.2) is 0 Å². The average molecular weight is 519 g/mol. The number of nitrogens with zero attached hydrogens (tertiary/aromatic N) is 1. The monoisotopic (exact) mass is 518 g/mol. The van der Waals surface area contributed by atoms with Gasteiger partial charge < -0.3 is 15.9 Å². The minimum atomic E-state index is -2.72. The summed E-state index contributed by atoms with van der Waals surface area (Å²) in [6.45, 7) is 3.97. The first-order valence-corrected chi connectivity index (χ1v) is 12.6. The number of Topliss-reactive ketones (excluding diaryl/α,β-unsaturated/α-hetero) is 4. The SMILES string of the molecule is Cc1ccc(-c2ccc(O)c3c2CC2CC4C(N(C)C)C(=O)C(C(N)=O)C(=O)C4(O)C(=O)C2C3=O)cc1C. The minimum absolute atomic E-state index is 0.00711. The molecule has 1 amide bonds. The van der Waals surface area contributed by atoms with Crippen LogP contribution in [0.25, 0.3) is 11.1 Å². The molecule has 6 unspecified atom stereocenters. The molecule has 198 valence electrons. The Balaban J connectivity index is 1.66. The maximum Gasteiger partial charge on any atom is 0.235 e. The number of aliphatic hydroxyl groups is 1. The molecule has 0 bridgehead atoms. The molecule has 2 aromatic rings. The van der Waals surface area contributed by atoms with Crippen molar-refractivity contribution in [1.82, 2.24) is 4.90 Å². The number of aryl methyl sites for hydroxylation is 2. The molecule has 0 radical (unpaired) electrons. The van der Waals surface area contributed by atoms with E-state index in [2.05, 4.69) is 0 Å². The first kappa shape index (κ1) is 25.9. The van der Waals surface area contributed by atoms with Crippen molar-refractivity contribution in [2.24, 2.45) is 29.4 Å². The number of likely N-dealkylation sites (N-methyl/N-ethyl adjacent to an activating group) is 1. The molecule has 2 aromatic carbocycles. The van der Waals surface area contributed by atoms with Gasteiger partial charge in [-0.1, -0.05) is 24.3 Å². The second kappa shape index (κ2) is 8.68. The summed E-state index contributed by atoms with van der Waals surface area (Å²) in [6.07, 6.45) is 0.244. The molecule has 2 saturated carbocycles. The Hall–Kier alpha value is -3.69. The van der Waals surface area contributed by atoms with Crippen molar-refractivity contribution in [2.75, 3.05) is 14.1 Å². The van der Waals surface area contributed by atoms with Crippen LogP contribution in [-0.4, -0.2) is 69.9 Å². The van der Waals surface area contributed by atoms with Crippen molar-refractivity contribution in [1.29, 1.82) is 0 Å². The van der Waals surface area contributed by atoms with Gasteiger partial charge in [-0.05, 0) is 80.6 Å². The molecule has 6 atom stereocenters. The van der Waals surface area contributed by atoms with Gasteiger partial charge in [0.15, 0.2) is 34.7 Å². The Kier molecular flexibility index (Phi) is 5.92. The standard InChI is InChI=1S/C29H30N2O7/c1-12-5-6-14(9-13(12)2)16-7-8-19(32)21-17(16)10-15-11-18-23(31(3)4)25(34)22(28(30)37)27(36)29(18,38)26(35)20(15)24(21)33/h5-9,15,18,20,22-23,32,38H,10-11H2,1-4H3,(H2,30,37). The molecule has 9 heteroatoms. The highest BCUT2D eigenvalue weighted by atomic mass is 16.3. The maximum absolute atomic E-state index is 13.9. The van der Waals surface area contributed by atoms with Gasteiger partial charge in [0.05, 0.1) is 17.5 Å². The van der Waals surface area contributed by atoms with Crippen molar-refractivity contribution in [3.63, 3.8) is 0 Å². The summed E-state index contributed by atoms with van der Waals surface area (Å²) in [5.74, 6) is -10.4. The third kappa shape index (κ3) is 3.41. The predicted octanol–water partition coefficient (Wildman–Crippen LogP) is 1.15. The number of phenolic OH excluding ortho intramolecular Hbond substituents is 1. The number of nitrogens with two attached hydrogens (primary N) is 1. The normalized spacial score (nSPS) is 30.6. The molecule has 5 rings (SSSR count). The van der Waals surface area contributed by atoms with Gasteiger partial charge in [-0.15, -0.1) is 0 Å². The van der Waals surface area contributed by atoms with E-state index in [0.717, 1.165) is 22.3 Å². The van der Waals surface area contributed by atoms with Crippen LogP contribution in [0.5, 0.6) is 5.75 Å². The van der Waals surface area contributed by atoms with E-state index in [1.165, 1.54) is 11.0 Å². The van der Waals surface area contributed by atoms with Crippen molar-refractivity contribution < 1.29 is 34.2 Å². The molecule has 2 fully saturated rings. The zero-order valence-electron chi connectivity index (χ0n) is 21.6. The van der Waals surface area contributed by atoms with Gasteiger partial charge in [0.25, 0.3) is 0 Å². The Bertz CT molecular complexity index is 1440. The van der Waals surface area contributed by atoms with E-state index in [1.54, 1.807) is 20.2 Å². The van der Waals surface area contributed by atoms with Crippen molar-refractivity contribution >= 4 is 29.0 Å². The quantitative estimate of drug-likeness (QED) is 0.511. The van der Waals surface area contributed by atoms with E-state index < -0.39 is 64.4 Å². The summed E-state index contributed by atoms with van der Waals surface area (Å²) in [5, 5.41) is 22.4. The Morgan fingerprint density at radius 2 is 1.71 bits per heavy atom. The van der Waals surface area contributed by atoms with E-state index in [-0.39, 0.29) is 24.2 Å². The van der Waals surface area contributed by atoms with Gasteiger partial charge in [-0.2, -0.15) is 0 Å². The molecule has 3 aliphatic rings. The Labute approximate surface area is 219 Å². The number of amides is 1. The van der Waals surface area contributed by atoms with Crippen LogP contribution >= 0.6 is 0 Å². The lowest BCUT2D eigenvalue weighted by atomic mass is 9.52. The fourth-order valence-electron chi connectivity index (χ4n) is 6.78. The lowest BCUT2D eigenvalue weighted by Gasteiger charge is -2.52. The van der Waals surface area contributed by atoms with E-state index >= 15 is 0 Å². The summed E-state index contributed by atoms with van der Waals surface area (Å²) < 4.78 is 0. The summed E-state index contributed by atoms with van der Waals surface area (Å²) in [4.78, 5) is 67.8. The molecule has 0 aliphatic heterocycles. The minimum Gasteiger partial charge on any atom is -0.507 e. The number of benzene rings is 2. The van der Waals surface area contributed by atoms with Gasteiger partial charge in [0.2, 0.25) is 5.91 Å². The molecule has 3 aliphatic carbocycles. The smallest absolute Gasteiger partial charge is 0.235 e. The number of phenols is 1. The number of hydrogen-bond donors (Lipinski definition) is 3. The Morgan fingerprint density at radius 3 is 2.32 bits per heavy atom. The number of fused-ring (bicyclic) bond motifs is 3. The number of carbonyl (C=O) groups excluding carboxylic acids is 5. The highest BCUT2D eigenvalue weighted by Crippen LogP contribution is 2.51. The molecule has 9 nitrogen and oxygen atoms in total. The van der Waals surface area contributed by atoms with E-state index in [1.807, 2.05) is 32.0 Å². The van der Waals surface area contributed by atoms with E-state index in [0.29, 0.717) is 5.56 Å². The average Bonchev–Trinajstić information content (AvgIpc) is 2.83. The molecule has 0 saturated heterocycles. The first-order valence-electron chi connectivity index (χ1n) is 12.6. The van der Waals surface area contributed by atoms with E-state index in [9.17, 15) is 34.2 Å². The largest absolute Gasteiger partial charge is 0.507 e. The van der Waals surface area contributed by atoms with Crippen molar-refractivity contribution in [3.05, 3.63) is 52.6 Å². The first-order chi connectivity index (χ1) is 17.8. The molecular formula is C29H30N2O7. The third-order valence-electron chi connectivity index (χ3n) is 8.76. The van der Waals surface area contributed by atoms with Crippen LogP contribution in [0.2, 0.25) is 0 Å². The topological polar surface area (TPSA) is 155 Å². The highest BCUT2D eigenvalue weighted by molar-refractivity contribution is 6.32. The number of ketones is 4. The summed E-state index contributed by atoms with van der Waals surface area (Å²) in [6, 6.07) is 7.91. The van der Waals surface area contributed by atoms with Crippen LogP contribution in [0.15, 0.2) is 30.3 Å². The predicted molar refractivity (Wildman–Crippen MR) is 136 cm³/mol. The zero-order valence-corrected chi connectivity index (χ0v) is 21.6. The van der Waals surface area contributed by atoms with Crippen molar-refractivity contribution in [3.8, 4) is 16.9 Å². The van der Waals surface area contributed by atoms with Gasteiger partial charge in [-0.3, -0.25) is 28.9 Å². The van der Waals surface area contributed by atoms with Gasteiger partial charge >= 0.3 is 0 Å². The number of carbonyl (C=O) groups is 5. The van der Waals surface area contributed by atoms with Gasteiger partial charge in [0.1, 0.15) is 5.75 Å². The molecule has 0 aromatic heterocycles. The highest BCUT2D eigenvalue weighted by Gasteiger charge is 2.69. The number of rotatable bonds is 3. The van der Waals surface area contributed by atoms with Gasteiger partial charge in [0, 0.05) is 5.92 Å². The van der Waals surface area contributed by atoms with Crippen LogP contribution in [0.1, 0.15) is 33.5 Å². The maximum atomic E-state index is 13.9. The van der Waals surface area contributed by atoms with E-state index in [4.69, 9.17) is 5.73 Å². The van der Waals surface area contributed by atoms with Crippen LogP contribution in [0, 0.1) is 37.5 Å². The fourth-order valence-corrected chi connectivity index (χ4v) is 6.78. The van der Waals surface area contributed by atoms with Crippen LogP contribution in [0.4, 0.5) is 0 Å². The van der Waals surface area contributed by atoms with Crippen LogP contribution in [0.3, 0.4) is 0 Å². The zero-order chi connectivity index (χ0) is 27.8. The summed E-state index contributed by atoms with van der Waals surface area (Å²) in [5.41, 5.74) is 6.96. The molecular weight excluding hydrogens is 488 g/mol. The lowest BCUT2D eigenvalue weighted by molar-refractivity contribution is -0.181. The number of hydrogen-bond acceptors (Lipinski definition) is 8. The summed E-state index contributed by atoms with van der Waals surface area (Å²) in [7, 11) is 3.12. The van der Waals surface area contributed by atoms with Crippen molar-refractivity contribution in [2.45, 2.75) is 38.3 Å². The lowest BCUT2D eigenvalue weighted by Crippen LogP contribution is -2.74. The molecule has 0 heterocycles. The van der Waals surface area contributed by atoms with Crippen LogP contribution < -0.4 is 5.73 Å². The molecule has 38 heavy (non-hydrogen) atoms. The Morgan fingerprint density at radius 1 is 1.03 bits per heavy atom. The van der Waals surface area contributed by atoms with Crippen LogP contribution in [-0.2, 0) is 25.6 Å². The number of primary amides is 1. The fraction of sp³-hybridized carbons (Fsp3) is 0.414. The number of aromatic hydroxyl groups is 1. The second-order valence-electron chi connectivity index (χ2n) is 11.1.